The minimum Gasteiger partial charge on any atom is -0.507 e. The third kappa shape index (κ3) is 8.03. The van der Waals surface area contributed by atoms with Gasteiger partial charge in [-0.05, 0) is 44.6 Å². The van der Waals surface area contributed by atoms with Gasteiger partial charge in [-0.25, -0.2) is 0 Å². The third-order valence-corrected chi connectivity index (χ3v) is 4.23. The Morgan fingerprint density at radius 1 is 1.00 bits per heavy atom. The lowest BCUT2D eigenvalue weighted by molar-refractivity contribution is 0.0950. The largest absolute Gasteiger partial charge is 0.507 e. The number of carbonyl (C=O) groups is 1. The molecule has 0 aliphatic rings. The van der Waals surface area contributed by atoms with Crippen LogP contribution in [0.25, 0.3) is 0 Å². The van der Waals surface area contributed by atoms with Gasteiger partial charge in [-0.15, -0.1) is 0 Å². The van der Waals surface area contributed by atoms with Crippen LogP contribution in [0.5, 0.6) is 5.75 Å². The molecular weight excluding hydrogens is 288 g/mol. The number of phenols is 1. The number of nitrogens with one attached hydrogen (secondary N) is 1. The topological polar surface area (TPSA) is 52.6 Å². The van der Waals surface area contributed by atoms with Crippen molar-refractivity contribution in [2.24, 2.45) is 0 Å². The van der Waals surface area contributed by atoms with Crippen LogP contribution in [0.2, 0.25) is 0 Å². The van der Waals surface area contributed by atoms with Crippen LogP contribution in [0.1, 0.15) is 62.7 Å². The summed E-state index contributed by atoms with van der Waals surface area (Å²) in [5.74, 6) is -0.152. The van der Waals surface area contributed by atoms with Crippen molar-refractivity contribution in [2.45, 2.75) is 52.4 Å². The van der Waals surface area contributed by atoms with E-state index < -0.39 is 0 Å². The Morgan fingerprint density at radius 2 is 1.61 bits per heavy atom. The summed E-state index contributed by atoms with van der Waals surface area (Å²) in [5.41, 5.74) is 0.351. The first-order valence-electron chi connectivity index (χ1n) is 8.97. The molecule has 0 aromatic heterocycles. The number of aromatic hydroxyl groups is 1. The Labute approximate surface area is 140 Å². The predicted octanol–water partition coefficient (Wildman–Crippen LogP) is 3.80. The molecule has 0 unspecified atom stereocenters. The molecular formula is C19H32N2O2. The molecule has 1 amide bonds. The zero-order valence-electron chi connectivity index (χ0n) is 14.7. The summed E-state index contributed by atoms with van der Waals surface area (Å²) in [6.07, 6.45) is 7.22. The number of hydrogen-bond acceptors (Lipinski definition) is 3. The number of nitrogens with zero attached hydrogens (tertiary/aromatic N) is 1. The maximum Gasteiger partial charge on any atom is 0.255 e. The predicted molar refractivity (Wildman–Crippen MR) is 95.9 cm³/mol. The zero-order valence-corrected chi connectivity index (χ0v) is 14.7. The molecule has 0 fully saturated rings. The molecule has 0 heterocycles. The summed E-state index contributed by atoms with van der Waals surface area (Å²) >= 11 is 0. The molecule has 1 rings (SSSR count). The molecule has 130 valence electrons. The highest BCUT2D eigenvalue weighted by atomic mass is 16.3. The van der Waals surface area contributed by atoms with E-state index in [-0.39, 0.29) is 11.7 Å². The van der Waals surface area contributed by atoms with Crippen molar-refractivity contribution in [1.82, 2.24) is 10.2 Å². The number of amides is 1. The highest BCUT2D eigenvalue weighted by Gasteiger charge is 2.08. The summed E-state index contributed by atoms with van der Waals surface area (Å²) < 4.78 is 0. The Balaban J connectivity index is 2.00. The first kappa shape index (κ1) is 19.5. The highest BCUT2D eigenvalue weighted by molar-refractivity contribution is 5.96. The first-order valence-corrected chi connectivity index (χ1v) is 8.97. The fourth-order valence-electron chi connectivity index (χ4n) is 2.67. The van der Waals surface area contributed by atoms with Crippen LogP contribution in [-0.2, 0) is 0 Å². The third-order valence-electron chi connectivity index (χ3n) is 4.23. The Kier molecular flexibility index (Phi) is 10.1. The molecule has 1 aromatic rings. The summed E-state index contributed by atoms with van der Waals surface area (Å²) in [6.45, 7) is 8.61. The Morgan fingerprint density at radius 3 is 2.26 bits per heavy atom. The van der Waals surface area contributed by atoms with Crippen LogP contribution in [0.3, 0.4) is 0 Å². The number of carbonyl (C=O) groups excluding carboxylic acids is 1. The van der Waals surface area contributed by atoms with Crippen LogP contribution < -0.4 is 5.32 Å². The standard InChI is InChI=1S/C19H32N2O2/c1-3-21(4-2)16-12-8-6-5-7-11-15-20-19(23)17-13-9-10-14-18(17)22/h9-10,13-14,22H,3-8,11-12,15-16H2,1-2H3,(H,20,23). The van der Waals surface area contributed by atoms with Crippen molar-refractivity contribution >= 4 is 5.91 Å². The van der Waals surface area contributed by atoms with Gasteiger partial charge in [0.05, 0.1) is 5.56 Å². The Bertz CT molecular complexity index is 445. The maximum atomic E-state index is 11.9. The fourth-order valence-corrected chi connectivity index (χ4v) is 2.67. The minimum atomic E-state index is -0.192. The van der Waals surface area contributed by atoms with Crippen molar-refractivity contribution in [3.05, 3.63) is 29.8 Å². The van der Waals surface area contributed by atoms with Gasteiger partial charge < -0.3 is 15.3 Å². The molecule has 0 spiro atoms. The molecule has 1 aromatic carbocycles. The average Bonchev–Trinajstić information content (AvgIpc) is 2.57. The average molecular weight is 320 g/mol. The molecule has 4 nitrogen and oxygen atoms in total. The summed E-state index contributed by atoms with van der Waals surface area (Å²) in [5, 5.41) is 12.5. The molecule has 0 aliphatic carbocycles. The van der Waals surface area contributed by atoms with E-state index in [9.17, 15) is 9.90 Å². The van der Waals surface area contributed by atoms with Crippen molar-refractivity contribution in [3.8, 4) is 5.75 Å². The lowest BCUT2D eigenvalue weighted by Gasteiger charge is -2.17. The second kappa shape index (κ2) is 11.9. The highest BCUT2D eigenvalue weighted by Crippen LogP contribution is 2.15. The molecule has 0 bridgehead atoms. The van der Waals surface area contributed by atoms with Crippen LogP contribution in [0.4, 0.5) is 0 Å². The lowest BCUT2D eigenvalue weighted by Crippen LogP contribution is -2.24. The van der Waals surface area contributed by atoms with Gasteiger partial charge >= 0.3 is 0 Å². The number of hydrogen-bond donors (Lipinski definition) is 2. The second-order valence-corrected chi connectivity index (χ2v) is 5.92. The molecule has 0 aliphatic heterocycles. The minimum absolute atomic E-state index is 0.0400. The van der Waals surface area contributed by atoms with Crippen LogP contribution in [0.15, 0.2) is 24.3 Å². The Hall–Kier alpha value is -1.55. The number of phenolic OH excluding ortho intramolecular Hbond substituents is 1. The van der Waals surface area contributed by atoms with Crippen molar-refractivity contribution < 1.29 is 9.90 Å². The van der Waals surface area contributed by atoms with Gasteiger partial charge in [-0.3, -0.25) is 4.79 Å². The molecule has 2 N–H and O–H groups in total. The van der Waals surface area contributed by atoms with E-state index in [2.05, 4.69) is 24.1 Å². The van der Waals surface area contributed by atoms with Crippen molar-refractivity contribution in [2.75, 3.05) is 26.2 Å². The smallest absolute Gasteiger partial charge is 0.255 e. The van der Waals surface area contributed by atoms with Gasteiger partial charge in [-0.1, -0.05) is 51.7 Å². The van der Waals surface area contributed by atoms with Crippen molar-refractivity contribution in [3.63, 3.8) is 0 Å². The van der Waals surface area contributed by atoms with E-state index in [4.69, 9.17) is 0 Å². The van der Waals surface area contributed by atoms with E-state index in [1.165, 1.54) is 38.3 Å². The second-order valence-electron chi connectivity index (χ2n) is 5.92. The maximum absolute atomic E-state index is 11.9. The number of benzene rings is 1. The van der Waals surface area contributed by atoms with Gasteiger partial charge in [0.2, 0.25) is 0 Å². The van der Waals surface area contributed by atoms with Gasteiger partial charge in [0.1, 0.15) is 5.75 Å². The van der Waals surface area contributed by atoms with Gasteiger partial charge in [0, 0.05) is 6.54 Å². The van der Waals surface area contributed by atoms with E-state index in [0.717, 1.165) is 25.9 Å². The lowest BCUT2D eigenvalue weighted by atomic mass is 10.1. The SMILES string of the molecule is CCN(CC)CCCCCCCCNC(=O)c1ccccc1O. The molecule has 0 saturated heterocycles. The zero-order chi connectivity index (χ0) is 16.9. The van der Waals surface area contributed by atoms with Gasteiger partial charge in [0.15, 0.2) is 0 Å². The quantitative estimate of drug-likeness (QED) is 0.576. The molecule has 0 atom stereocenters. The molecule has 4 heteroatoms. The normalized spacial score (nSPS) is 10.9. The van der Waals surface area contributed by atoms with Gasteiger partial charge in [-0.2, -0.15) is 0 Å². The summed E-state index contributed by atoms with van der Waals surface area (Å²) in [4.78, 5) is 14.4. The van der Waals surface area contributed by atoms with Crippen LogP contribution in [-0.4, -0.2) is 42.1 Å². The van der Waals surface area contributed by atoms with E-state index in [1.54, 1.807) is 18.2 Å². The molecule has 0 saturated carbocycles. The van der Waals surface area contributed by atoms with E-state index >= 15 is 0 Å². The van der Waals surface area contributed by atoms with Crippen molar-refractivity contribution in [1.29, 1.82) is 0 Å². The van der Waals surface area contributed by atoms with E-state index in [1.807, 2.05) is 0 Å². The molecule has 0 radical (unpaired) electrons. The monoisotopic (exact) mass is 320 g/mol. The summed E-state index contributed by atoms with van der Waals surface area (Å²) in [7, 11) is 0. The number of rotatable bonds is 12. The van der Waals surface area contributed by atoms with Crippen LogP contribution in [0, 0.1) is 0 Å². The summed E-state index contributed by atoms with van der Waals surface area (Å²) in [6, 6.07) is 6.65. The van der Waals surface area contributed by atoms with E-state index in [0.29, 0.717) is 12.1 Å². The van der Waals surface area contributed by atoms with Gasteiger partial charge in [0.25, 0.3) is 5.91 Å². The number of para-hydroxylation sites is 1. The first-order chi connectivity index (χ1) is 11.2. The fraction of sp³-hybridized carbons (Fsp3) is 0.632. The molecule has 23 heavy (non-hydrogen) atoms. The van der Waals surface area contributed by atoms with Crippen LogP contribution >= 0.6 is 0 Å². The number of unbranched alkanes of at least 4 members (excludes halogenated alkanes) is 5.